The summed E-state index contributed by atoms with van der Waals surface area (Å²) < 4.78 is 0. The van der Waals surface area contributed by atoms with Crippen LogP contribution in [0, 0.1) is 20.8 Å². The molecule has 2 aromatic rings. The van der Waals surface area contributed by atoms with Gasteiger partial charge in [0.25, 0.3) is 0 Å². The van der Waals surface area contributed by atoms with Gasteiger partial charge in [0.2, 0.25) is 5.91 Å². The van der Waals surface area contributed by atoms with Gasteiger partial charge >= 0.3 is 11.9 Å². The molecular formula is C18H19NO5. The van der Waals surface area contributed by atoms with Gasteiger partial charge in [-0.3, -0.25) is 4.79 Å². The van der Waals surface area contributed by atoms with Gasteiger partial charge in [0, 0.05) is 0 Å². The Morgan fingerprint density at radius 3 is 1.75 bits per heavy atom. The van der Waals surface area contributed by atoms with Crippen molar-refractivity contribution in [3.8, 4) is 0 Å². The fourth-order valence-corrected chi connectivity index (χ4v) is 1.97. The van der Waals surface area contributed by atoms with E-state index in [1.54, 1.807) is 0 Å². The zero-order valence-electron chi connectivity index (χ0n) is 13.7. The second kappa shape index (κ2) is 7.92. The van der Waals surface area contributed by atoms with Crippen molar-refractivity contribution in [3.63, 3.8) is 0 Å². The first-order valence-corrected chi connectivity index (χ1v) is 7.08. The van der Waals surface area contributed by atoms with Crippen LogP contribution >= 0.6 is 0 Å². The van der Waals surface area contributed by atoms with Gasteiger partial charge in [0.1, 0.15) is 0 Å². The normalized spacial score (nSPS) is 9.62. The molecule has 0 saturated heterocycles. The van der Waals surface area contributed by atoms with Gasteiger partial charge < -0.3 is 15.9 Å². The quantitative estimate of drug-likeness (QED) is 0.800. The van der Waals surface area contributed by atoms with E-state index in [0.717, 1.165) is 18.2 Å². The molecule has 2 aromatic carbocycles. The second-order valence-corrected chi connectivity index (χ2v) is 5.25. The number of carboxylic acids is 2. The summed E-state index contributed by atoms with van der Waals surface area (Å²) in [5.41, 5.74) is 8.27. The third-order valence-electron chi connectivity index (χ3n) is 3.64. The number of hydrogen-bond acceptors (Lipinski definition) is 3. The predicted molar refractivity (Wildman–Crippen MR) is 89.5 cm³/mol. The van der Waals surface area contributed by atoms with E-state index in [2.05, 4.69) is 39.0 Å². The monoisotopic (exact) mass is 329 g/mol. The van der Waals surface area contributed by atoms with Crippen LogP contribution in [0.1, 0.15) is 47.8 Å². The standard InChI is InChI=1S/C9H7NO5.C9H12/c10-7(11)5-2-1-4(8(12)13)3-6(5)9(14)15;1-7-5-4-6-8(2)9(7)3/h1-3H,(H2,10,11)(H,12,13)(H,14,15);4-6H,1-3H3. The average Bonchev–Trinajstić information content (AvgIpc) is 2.52. The van der Waals surface area contributed by atoms with Gasteiger partial charge in [-0.2, -0.15) is 0 Å². The number of aryl methyl sites for hydroxylation is 2. The fraction of sp³-hybridized carbons (Fsp3) is 0.167. The van der Waals surface area contributed by atoms with E-state index in [0.29, 0.717) is 0 Å². The van der Waals surface area contributed by atoms with Crippen LogP contribution in [-0.2, 0) is 0 Å². The maximum Gasteiger partial charge on any atom is 0.336 e. The number of carbonyl (C=O) groups is 3. The number of rotatable bonds is 3. The summed E-state index contributed by atoms with van der Waals surface area (Å²) in [5, 5.41) is 17.3. The van der Waals surface area contributed by atoms with Crippen molar-refractivity contribution in [1.82, 2.24) is 0 Å². The topological polar surface area (TPSA) is 118 Å². The number of hydrogen-bond donors (Lipinski definition) is 3. The van der Waals surface area contributed by atoms with Gasteiger partial charge in [0.05, 0.1) is 16.7 Å². The first-order chi connectivity index (χ1) is 11.1. The molecule has 0 aliphatic heterocycles. The molecule has 6 heteroatoms. The molecular weight excluding hydrogens is 310 g/mol. The molecule has 0 aliphatic carbocycles. The number of carboxylic acid groups (broad SMARTS) is 2. The minimum Gasteiger partial charge on any atom is -0.478 e. The van der Waals surface area contributed by atoms with Crippen molar-refractivity contribution in [2.75, 3.05) is 0 Å². The molecule has 24 heavy (non-hydrogen) atoms. The van der Waals surface area contributed by atoms with Crippen molar-refractivity contribution in [2.24, 2.45) is 5.73 Å². The van der Waals surface area contributed by atoms with E-state index in [1.807, 2.05) is 0 Å². The Balaban J connectivity index is 0.000000272. The van der Waals surface area contributed by atoms with Crippen LogP contribution in [-0.4, -0.2) is 28.1 Å². The van der Waals surface area contributed by atoms with Crippen LogP contribution in [0.5, 0.6) is 0 Å². The fourth-order valence-electron chi connectivity index (χ4n) is 1.97. The van der Waals surface area contributed by atoms with Crippen molar-refractivity contribution in [1.29, 1.82) is 0 Å². The summed E-state index contributed by atoms with van der Waals surface area (Å²) in [6.07, 6.45) is 0. The Morgan fingerprint density at radius 1 is 0.833 bits per heavy atom. The molecule has 4 N–H and O–H groups in total. The van der Waals surface area contributed by atoms with E-state index in [9.17, 15) is 14.4 Å². The molecule has 126 valence electrons. The average molecular weight is 329 g/mol. The lowest BCUT2D eigenvalue weighted by Gasteiger charge is -2.02. The molecule has 0 saturated carbocycles. The minimum absolute atomic E-state index is 0.211. The minimum atomic E-state index is -1.40. The SMILES string of the molecule is Cc1cccc(C)c1C.NC(=O)c1ccc(C(=O)O)cc1C(=O)O. The molecule has 0 radical (unpaired) electrons. The molecule has 0 bridgehead atoms. The zero-order chi connectivity index (χ0) is 18.4. The van der Waals surface area contributed by atoms with Crippen LogP contribution in [0.15, 0.2) is 36.4 Å². The lowest BCUT2D eigenvalue weighted by atomic mass is 10.0. The summed E-state index contributed by atoms with van der Waals surface area (Å²) in [6.45, 7) is 6.44. The number of aromatic carboxylic acids is 2. The van der Waals surface area contributed by atoms with Crippen LogP contribution in [0.3, 0.4) is 0 Å². The van der Waals surface area contributed by atoms with E-state index in [1.165, 1.54) is 16.7 Å². The van der Waals surface area contributed by atoms with Crippen molar-refractivity contribution in [3.05, 3.63) is 69.8 Å². The van der Waals surface area contributed by atoms with Gasteiger partial charge in [-0.1, -0.05) is 18.2 Å². The van der Waals surface area contributed by atoms with Gasteiger partial charge in [-0.25, -0.2) is 9.59 Å². The summed E-state index contributed by atoms with van der Waals surface area (Å²) in [4.78, 5) is 32.1. The largest absolute Gasteiger partial charge is 0.478 e. The number of benzene rings is 2. The Labute approximate surface area is 139 Å². The van der Waals surface area contributed by atoms with Gasteiger partial charge in [0.15, 0.2) is 0 Å². The number of carbonyl (C=O) groups excluding carboxylic acids is 1. The highest BCUT2D eigenvalue weighted by molar-refractivity contribution is 6.05. The predicted octanol–water partition coefficient (Wildman–Crippen LogP) is 2.79. The van der Waals surface area contributed by atoms with E-state index in [4.69, 9.17) is 15.9 Å². The van der Waals surface area contributed by atoms with Gasteiger partial charge in [-0.15, -0.1) is 0 Å². The van der Waals surface area contributed by atoms with Crippen LogP contribution in [0.4, 0.5) is 0 Å². The third kappa shape index (κ3) is 4.67. The maximum absolute atomic E-state index is 10.8. The first kappa shape index (κ1) is 18.9. The molecule has 2 rings (SSSR count). The third-order valence-corrected chi connectivity index (χ3v) is 3.64. The molecule has 0 fully saturated rings. The van der Waals surface area contributed by atoms with Crippen molar-refractivity contribution in [2.45, 2.75) is 20.8 Å². The van der Waals surface area contributed by atoms with E-state index < -0.39 is 23.4 Å². The molecule has 1 amide bonds. The number of primary amides is 1. The molecule has 0 atom stereocenters. The lowest BCUT2D eigenvalue weighted by Crippen LogP contribution is -2.17. The van der Waals surface area contributed by atoms with E-state index >= 15 is 0 Å². The maximum atomic E-state index is 10.8. The number of amides is 1. The molecule has 0 unspecified atom stereocenters. The van der Waals surface area contributed by atoms with Gasteiger partial charge in [-0.05, 0) is 55.7 Å². The Morgan fingerprint density at radius 2 is 1.38 bits per heavy atom. The van der Waals surface area contributed by atoms with Crippen molar-refractivity contribution >= 4 is 17.8 Å². The lowest BCUT2D eigenvalue weighted by molar-refractivity contribution is 0.0692. The Hall–Kier alpha value is -3.15. The molecule has 0 spiro atoms. The highest BCUT2D eigenvalue weighted by Gasteiger charge is 2.16. The van der Waals surface area contributed by atoms with Crippen LogP contribution in [0.2, 0.25) is 0 Å². The van der Waals surface area contributed by atoms with Crippen LogP contribution < -0.4 is 5.73 Å². The zero-order valence-corrected chi connectivity index (χ0v) is 13.7. The number of nitrogens with two attached hydrogens (primary N) is 1. The second-order valence-electron chi connectivity index (χ2n) is 5.25. The van der Waals surface area contributed by atoms with E-state index in [-0.39, 0.29) is 11.1 Å². The molecule has 0 aromatic heterocycles. The summed E-state index contributed by atoms with van der Waals surface area (Å²) >= 11 is 0. The Bertz CT molecular complexity index is 776. The first-order valence-electron chi connectivity index (χ1n) is 7.08. The van der Waals surface area contributed by atoms with Crippen molar-refractivity contribution < 1.29 is 24.6 Å². The van der Waals surface area contributed by atoms with Crippen LogP contribution in [0.25, 0.3) is 0 Å². The Kier molecular flexibility index (Phi) is 6.23. The molecule has 6 nitrogen and oxygen atoms in total. The molecule has 0 heterocycles. The summed E-state index contributed by atoms with van der Waals surface area (Å²) in [7, 11) is 0. The summed E-state index contributed by atoms with van der Waals surface area (Å²) in [5.74, 6) is -3.58. The highest BCUT2D eigenvalue weighted by Crippen LogP contribution is 2.12. The molecule has 0 aliphatic rings. The smallest absolute Gasteiger partial charge is 0.336 e. The highest BCUT2D eigenvalue weighted by atomic mass is 16.4. The summed E-state index contributed by atoms with van der Waals surface area (Å²) in [6, 6.07) is 9.47.